The van der Waals surface area contributed by atoms with Gasteiger partial charge in [-0.2, -0.15) is 0 Å². The van der Waals surface area contributed by atoms with Crippen LogP contribution in [0.5, 0.6) is 0 Å². The highest BCUT2D eigenvalue weighted by Gasteiger charge is 2.23. The second kappa shape index (κ2) is 15.8. The Labute approximate surface area is 373 Å². The summed E-state index contributed by atoms with van der Waals surface area (Å²) in [5, 5.41) is 12.3. The third kappa shape index (κ3) is 6.44. The van der Waals surface area contributed by atoms with Crippen LogP contribution in [0.4, 0.5) is 34.1 Å². The summed E-state index contributed by atoms with van der Waals surface area (Å²) in [6.07, 6.45) is 0. The molecule has 0 N–H and O–H groups in total. The number of para-hydroxylation sites is 4. The molecule has 0 unspecified atom stereocenters. The third-order valence-corrected chi connectivity index (χ3v) is 12.7. The summed E-state index contributed by atoms with van der Waals surface area (Å²) in [6, 6.07) is 92.9. The lowest BCUT2D eigenvalue weighted by molar-refractivity contribution is 1.29. The van der Waals surface area contributed by atoms with Crippen molar-refractivity contribution in [2.45, 2.75) is 0 Å². The summed E-state index contributed by atoms with van der Waals surface area (Å²) in [7, 11) is 0. The van der Waals surface area contributed by atoms with Crippen molar-refractivity contribution in [1.82, 2.24) is 0 Å². The van der Waals surface area contributed by atoms with Crippen LogP contribution in [0, 0.1) is 0 Å². The SMILES string of the molecule is c1ccc(-c2c3cc(N(c4ccccc4)c4ccccc4)ccc3c(-c3cccc4c3ccc3cc5ccccc5cc34)c3cc(N(c4ccccc4)c4ccccc4)ccc23)cc1. The van der Waals surface area contributed by atoms with Crippen LogP contribution in [0.2, 0.25) is 0 Å². The van der Waals surface area contributed by atoms with E-state index in [0.29, 0.717) is 0 Å². The molecule has 12 aromatic rings. The number of hydrogen-bond acceptors (Lipinski definition) is 2. The van der Waals surface area contributed by atoms with E-state index < -0.39 is 0 Å². The van der Waals surface area contributed by atoms with Crippen LogP contribution in [-0.2, 0) is 0 Å². The van der Waals surface area contributed by atoms with Gasteiger partial charge in [0.05, 0.1) is 0 Å². The normalized spacial score (nSPS) is 11.4. The van der Waals surface area contributed by atoms with Crippen molar-refractivity contribution in [2.75, 3.05) is 9.80 Å². The Balaban J connectivity index is 1.21. The van der Waals surface area contributed by atoms with Gasteiger partial charge in [-0.05, 0) is 161 Å². The molecule has 0 aliphatic rings. The molecule has 0 atom stereocenters. The first-order valence-corrected chi connectivity index (χ1v) is 22.0. The highest BCUT2D eigenvalue weighted by molar-refractivity contribution is 6.26. The van der Waals surface area contributed by atoms with Crippen molar-refractivity contribution in [1.29, 1.82) is 0 Å². The van der Waals surface area contributed by atoms with Gasteiger partial charge in [0.2, 0.25) is 0 Å². The van der Waals surface area contributed by atoms with Crippen LogP contribution in [0.3, 0.4) is 0 Å². The summed E-state index contributed by atoms with van der Waals surface area (Å²) in [6.45, 7) is 0. The molecular formula is C62H42N2. The summed E-state index contributed by atoms with van der Waals surface area (Å²) in [4.78, 5) is 4.74. The van der Waals surface area contributed by atoms with Crippen molar-refractivity contribution >= 4 is 88.0 Å². The van der Waals surface area contributed by atoms with Gasteiger partial charge in [0.25, 0.3) is 0 Å². The molecule has 0 aliphatic carbocycles. The van der Waals surface area contributed by atoms with Gasteiger partial charge < -0.3 is 9.80 Å². The zero-order valence-electron chi connectivity index (χ0n) is 35.1. The fraction of sp³-hybridized carbons (Fsp3) is 0. The lowest BCUT2D eigenvalue weighted by Crippen LogP contribution is -2.10. The lowest BCUT2D eigenvalue weighted by Gasteiger charge is -2.28. The maximum absolute atomic E-state index is 2.43. The van der Waals surface area contributed by atoms with Crippen molar-refractivity contribution < 1.29 is 0 Å². The van der Waals surface area contributed by atoms with E-state index in [1.807, 2.05) is 0 Å². The predicted octanol–water partition coefficient (Wildman–Crippen LogP) is 17.7. The number of benzene rings is 12. The first-order valence-electron chi connectivity index (χ1n) is 22.0. The Morgan fingerprint density at radius 2 is 0.641 bits per heavy atom. The molecule has 12 rings (SSSR count). The van der Waals surface area contributed by atoms with E-state index in [9.17, 15) is 0 Å². The molecule has 0 saturated carbocycles. The molecule has 64 heavy (non-hydrogen) atoms. The van der Waals surface area contributed by atoms with Crippen LogP contribution in [-0.4, -0.2) is 0 Å². The van der Waals surface area contributed by atoms with Gasteiger partial charge in [0, 0.05) is 34.1 Å². The van der Waals surface area contributed by atoms with E-state index in [4.69, 9.17) is 0 Å². The Kier molecular flexibility index (Phi) is 9.20. The molecule has 0 aliphatic heterocycles. The molecule has 2 heteroatoms. The molecule has 0 heterocycles. The second-order valence-electron chi connectivity index (χ2n) is 16.5. The van der Waals surface area contributed by atoms with Gasteiger partial charge in [-0.15, -0.1) is 0 Å². The minimum absolute atomic E-state index is 1.10. The molecular weight excluding hydrogens is 773 g/mol. The summed E-state index contributed by atoms with van der Waals surface area (Å²) >= 11 is 0. The van der Waals surface area contributed by atoms with Crippen LogP contribution >= 0.6 is 0 Å². The van der Waals surface area contributed by atoms with Crippen LogP contribution in [0.25, 0.3) is 76.1 Å². The standard InChI is InChI=1S/C62H42N2/c1-6-19-43(20-7-1)61-56-37-34-52(64(49-27-12-4-13-28-49)50-29-14-5-15-30-50)42-60(56)62(55-32-18-31-53-54(55)36-33-46-39-44-21-16-17-22-45(44)40-58(46)53)57-38-35-51(41-59(57)61)63(47-23-8-2-9-24-47)48-25-10-3-11-26-48/h1-42H. The number of rotatable bonds is 8. The number of nitrogens with zero attached hydrogens (tertiary/aromatic N) is 2. The van der Waals surface area contributed by atoms with Gasteiger partial charge in [0.1, 0.15) is 0 Å². The van der Waals surface area contributed by atoms with E-state index in [1.165, 1.54) is 76.1 Å². The first kappa shape index (κ1) is 37.3. The van der Waals surface area contributed by atoms with Crippen molar-refractivity contribution in [2.24, 2.45) is 0 Å². The summed E-state index contributed by atoms with van der Waals surface area (Å²) < 4.78 is 0. The van der Waals surface area contributed by atoms with Crippen molar-refractivity contribution in [3.05, 3.63) is 255 Å². The smallest absolute Gasteiger partial charge is 0.0468 e. The average molecular weight is 815 g/mol. The first-order chi connectivity index (χ1) is 31.8. The molecule has 0 amide bonds. The summed E-state index contributed by atoms with van der Waals surface area (Å²) in [5.74, 6) is 0. The molecule has 0 fully saturated rings. The van der Waals surface area contributed by atoms with Crippen LogP contribution < -0.4 is 9.80 Å². The highest BCUT2D eigenvalue weighted by atomic mass is 15.1. The van der Waals surface area contributed by atoms with Crippen LogP contribution in [0.15, 0.2) is 255 Å². The maximum Gasteiger partial charge on any atom is 0.0468 e. The quantitative estimate of drug-likeness (QED) is 0.111. The Hall–Kier alpha value is -8.46. The monoisotopic (exact) mass is 814 g/mol. The van der Waals surface area contributed by atoms with E-state index in [2.05, 4.69) is 265 Å². The van der Waals surface area contributed by atoms with E-state index >= 15 is 0 Å². The minimum Gasteiger partial charge on any atom is -0.310 e. The van der Waals surface area contributed by atoms with Gasteiger partial charge in [0.15, 0.2) is 0 Å². The van der Waals surface area contributed by atoms with Crippen molar-refractivity contribution in [3.63, 3.8) is 0 Å². The average Bonchev–Trinajstić information content (AvgIpc) is 3.36. The Morgan fingerprint density at radius 1 is 0.203 bits per heavy atom. The fourth-order valence-electron chi connectivity index (χ4n) is 9.89. The fourth-order valence-corrected chi connectivity index (χ4v) is 9.89. The number of anilines is 6. The Morgan fingerprint density at radius 3 is 1.17 bits per heavy atom. The van der Waals surface area contributed by atoms with Crippen molar-refractivity contribution in [3.8, 4) is 22.3 Å². The van der Waals surface area contributed by atoms with Gasteiger partial charge in [-0.3, -0.25) is 0 Å². The largest absolute Gasteiger partial charge is 0.310 e. The third-order valence-electron chi connectivity index (χ3n) is 12.7. The molecule has 0 bridgehead atoms. The molecule has 300 valence electrons. The molecule has 0 saturated heterocycles. The number of hydrogen-bond donors (Lipinski definition) is 0. The molecule has 0 spiro atoms. The summed E-state index contributed by atoms with van der Waals surface area (Å²) in [5.41, 5.74) is 11.4. The molecule has 0 radical (unpaired) electrons. The van der Waals surface area contributed by atoms with E-state index in [1.54, 1.807) is 0 Å². The van der Waals surface area contributed by atoms with Gasteiger partial charge in [-0.25, -0.2) is 0 Å². The zero-order chi connectivity index (χ0) is 42.4. The highest BCUT2D eigenvalue weighted by Crippen LogP contribution is 2.50. The topological polar surface area (TPSA) is 6.48 Å². The Bertz CT molecular complexity index is 3570. The van der Waals surface area contributed by atoms with E-state index in [0.717, 1.165) is 34.1 Å². The van der Waals surface area contributed by atoms with E-state index in [-0.39, 0.29) is 0 Å². The number of fused-ring (bicyclic) bond motifs is 6. The zero-order valence-corrected chi connectivity index (χ0v) is 35.1. The molecule has 0 aromatic heterocycles. The molecule has 2 nitrogen and oxygen atoms in total. The predicted molar refractivity (Wildman–Crippen MR) is 274 cm³/mol. The maximum atomic E-state index is 2.43. The van der Waals surface area contributed by atoms with Gasteiger partial charge in [-0.1, -0.05) is 170 Å². The lowest BCUT2D eigenvalue weighted by atomic mass is 9.83. The minimum atomic E-state index is 1.10. The molecule has 12 aromatic carbocycles. The van der Waals surface area contributed by atoms with Crippen LogP contribution in [0.1, 0.15) is 0 Å². The van der Waals surface area contributed by atoms with Gasteiger partial charge >= 0.3 is 0 Å². The second-order valence-corrected chi connectivity index (χ2v) is 16.5.